The summed E-state index contributed by atoms with van der Waals surface area (Å²) in [6.45, 7) is 20.1. The lowest BCUT2D eigenvalue weighted by molar-refractivity contribution is 0.0768. The molecule has 6 rings (SSSR count). The molecule has 0 atom stereocenters. The quantitative estimate of drug-likeness (QED) is 0.0806. The average Bonchev–Trinajstić information content (AvgIpc) is 3.80. The summed E-state index contributed by atoms with van der Waals surface area (Å²) in [6.07, 6.45) is 6.85. The smallest absolute Gasteiger partial charge is 0.410 e. The Morgan fingerprint density at radius 1 is 0.667 bits per heavy atom. The SMILES string of the molecule is C[Si](C)(C)CCOCn1c(Br)cnc1C1CCN(C(=O)OCc2ccccc2)CC1.C[Si](C)(C)CCOCn1cc(Br)nc1C1CCN(C(=O)OCc2ccccc2)CC1. The van der Waals surface area contributed by atoms with Crippen molar-refractivity contribution in [2.24, 2.45) is 0 Å². The Morgan fingerprint density at radius 2 is 1.12 bits per heavy atom. The van der Waals surface area contributed by atoms with E-state index in [2.05, 4.69) is 90.2 Å². The number of imidazole rings is 2. The molecule has 0 aliphatic carbocycles. The van der Waals surface area contributed by atoms with Crippen molar-refractivity contribution in [1.82, 2.24) is 28.9 Å². The molecule has 2 aliphatic heterocycles. The Bertz CT molecular complexity index is 1830. The third-order valence-electron chi connectivity index (χ3n) is 10.7. The van der Waals surface area contributed by atoms with Gasteiger partial charge in [-0.15, -0.1) is 0 Å². The maximum Gasteiger partial charge on any atom is 0.410 e. The summed E-state index contributed by atoms with van der Waals surface area (Å²) in [5, 5.41) is 0. The first-order valence-electron chi connectivity index (χ1n) is 21.2. The van der Waals surface area contributed by atoms with Gasteiger partial charge >= 0.3 is 12.2 Å². The van der Waals surface area contributed by atoms with Crippen LogP contribution in [0.3, 0.4) is 0 Å². The second kappa shape index (κ2) is 23.2. The Hall–Kier alpha value is -3.29. The number of benzene rings is 2. The molecule has 60 heavy (non-hydrogen) atoms. The van der Waals surface area contributed by atoms with Gasteiger partial charge in [0.25, 0.3) is 0 Å². The molecule has 4 aromatic rings. The number of hydrogen-bond donors (Lipinski definition) is 0. The van der Waals surface area contributed by atoms with Gasteiger partial charge in [-0.3, -0.25) is 4.57 Å². The van der Waals surface area contributed by atoms with E-state index in [0.717, 1.165) is 83.0 Å². The number of carbonyl (C=O) groups excluding carboxylic acids is 2. The molecule has 2 aliphatic rings. The molecule has 2 fully saturated rings. The predicted molar refractivity (Wildman–Crippen MR) is 248 cm³/mol. The summed E-state index contributed by atoms with van der Waals surface area (Å²) >= 11 is 7.10. The van der Waals surface area contributed by atoms with Crippen molar-refractivity contribution in [2.45, 2.75) is 116 Å². The van der Waals surface area contributed by atoms with E-state index < -0.39 is 16.1 Å². The molecular weight excluding hydrogens is 924 g/mol. The van der Waals surface area contributed by atoms with Gasteiger partial charge in [0.2, 0.25) is 0 Å². The number of likely N-dealkylation sites (tertiary alicyclic amines) is 2. The molecule has 12 nitrogen and oxygen atoms in total. The van der Waals surface area contributed by atoms with Gasteiger partial charge in [-0.2, -0.15) is 0 Å². The maximum absolute atomic E-state index is 12.4. The number of hydrogen-bond acceptors (Lipinski definition) is 8. The van der Waals surface area contributed by atoms with Crippen LogP contribution in [0.5, 0.6) is 0 Å². The highest BCUT2D eigenvalue weighted by Gasteiger charge is 2.29. The van der Waals surface area contributed by atoms with Crippen LogP contribution in [0.4, 0.5) is 9.59 Å². The Labute approximate surface area is 375 Å². The lowest BCUT2D eigenvalue weighted by Gasteiger charge is -2.31. The van der Waals surface area contributed by atoms with E-state index in [9.17, 15) is 9.59 Å². The number of rotatable bonds is 16. The number of halogens is 2. The summed E-state index contributed by atoms with van der Waals surface area (Å²) < 4.78 is 28.8. The third-order valence-corrected chi connectivity index (χ3v) is 15.1. The molecule has 2 aromatic carbocycles. The molecule has 0 N–H and O–H groups in total. The maximum atomic E-state index is 12.4. The highest BCUT2D eigenvalue weighted by atomic mass is 79.9. The van der Waals surface area contributed by atoms with Gasteiger partial charge in [-0.05, 0) is 80.8 Å². The van der Waals surface area contributed by atoms with Crippen LogP contribution in [0.1, 0.15) is 60.3 Å². The lowest BCUT2D eigenvalue weighted by atomic mass is 9.96. The normalized spacial score (nSPS) is 15.4. The number of piperidine rings is 2. The molecule has 0 spiro atoms. The fraction of sp³-hybridized carbons (Fsp3) is 0.545. The van der Waals surface area contributed by atoms with Gasteiger partial charge in [0, 0.05) is 73.6 Å². The number of amides is 2. The van der Waals surface area contributed by atoms with E-state index in [1.807, 2.05) is 73.1 Å². The minimum absolute atomic E-state index is 0.239. The highest BCUT2D eigenvalue weighted by molar-refractivity contribution is 9.10. The topological polar surface area (TPSA) is 113 Å². The fourth-order valence-corrected chi connectivity index (χ4v) is 9.31. The van der Waals surface area contributed by atoms with E-state index in [1.165, 1.54) is 0 Å². The van der Waals surface area contributed by atoms with Gasteiger partial charge in [-0.1, -0.05) is 99.9 Å². The Balaban J connectivity index is 0.000000228. The predicted octanol–water partition coefficient (Wildman–Crippen LogP) is 10.9. The zero-order chi connectivity index (χ0) is 43.1. The molecule has 16 heteroatoms. The van der Waals surface area contributed by atoms with Gasteiger partial charge in [0.15, 0.2) is 0 Å². The van der Waals surface area contributed by atoms with E-state index in [0.29, 0.717) is 64.7 Å². The van der Waals surface area contributed by atoms with E-state index in [1.54, 1.807) is 9.80 Å². The van der Waals surface area contributed by atoms with Crippen LogP contribution in [0.15, 0.2) is 82.3 Å². The minimum atomic E-state index is -1.10. The molecule has 2 amide bonds. The van der Waals surface area contributed by atoms with Crippen LogP contribution >= 0.6 is 31.9 Å². The average molecular weight is 989 g/mol. The van der Waals surface area contributed by atoms with Crippen molar-refractivity contribution >= 4 is 60.2 Å². The van der Waals surface area contributed by atoms with Crippen LogP contribution in [0, 0.1) is 0 Å². The number of nitrogens with zero attached hydrogens (tertiary/aromatic N) is 6. The Kier molecular flexibility index (Phi) is 18.5. The van der Waals surface area contributed by atoms with Crippen molar-refractivity contribution in [2.75, 3.05) is 39.4 Å². The lowest BCUT2D eigenvalue weighted by Crippen LogP contribution is -2.38. The van der Waals surface area contributed by atoms with Gasteiger partial charge < -0.3 is 33.3 Å². The fourth-order valence-electron chi connectivity index (χ4n) is 6.99. The van der Waals surface area contributed by atoms with Crippen LogP contribution in [0.25, 0.3) is 0 Å². The first kappa shape index (κ1) is 47.8. The summed E-state index contributed by atoms with van der Waals surface area (Å²) in [7, 11) is -2.19. The number of aromatic nitrogens is 4. The molecule has 2 saturated heterocycles. The van der Waals surface area contributed by atoms with Crippen LogP contribution in [0.2, 0.25) is 51.4 Å². The first-order chi connectivity index (χ1) is 28.6. The van der Waals surface area contributed by atoms with Crippen molar-refractivity contribution in [1.29, 1.82) is 0 Å². The van der Waals surface area contributed by atoms with E-state index in [-0.39, 0.29) is 12.2 Å². The Morgan fingerprint density at radius 3 is 1.58 bits per heavy atom. The molecule has 0 unspecified atom stereocenters. The first-order valence-corrected chi connectivity index (χ1v) is 30.2. The van der Waals surface area contributed by atoms with Crippen LogP contribution in [-0.2, 0) is 45.6 Å². The van der Waals surface area contributed by atoms with E-state index >= 15 is 0 Å². The van der Waals surface area contributed by atoms with Gasteiger partial charge in [0.05, 0.1) is 6.20 Å². The molecular formula is C44H64Br2N6O6Si2. The zero-order valence-electron chi connectivity index (χ0n) is 36.3. The van der Waals surface area contributed by atoms with Crippen molar-refractivity contribution in [3.05, 3.63) is 105 Å². The molecule has 4 heterocycles. The van der Waals surface area contributed by atoms with Crippen molar-refractivity contribution in [3.8, 4) is 0 Å². The van der Waals surface area contributed by atoms with Crippen molar-refractivity contribution < 1.29 is 28.5 Å². The molecule has 2 aromatic heterocycles. The molecule has 0 bridgehead atoms. The summed E-state index contributed by atoms with van der Waals surface area (Å²) in [5.74, 6) is 2.70. The molecule has 0 saturated carbocycles. The second-order valence-corrected chi connectivity index (χ2v) is 30.9. The highest BCUT2D eigenvalue weighted by Crippen LogP contribution is 2.31. The third kappa shape index (κ3) is 15.9. The summed E-state index contributed by atoms with van der Waals surface area (Å²) in [4.78, 5) is 37.7. The van der Waals surface area contributed by atoms with Gasteiger partial charge in [-0.25, -0.2) is 19.6 Å². The van der Waals surface area contributed by atoms with E-state index in [4.69, 9.17) is 18.9 Å². The summed E-state index contributed by atoms with van der Waals surface area (Å²) in [6, 6.07) is 21.9. The van der Waals surface area contributed by atoms with Crippen molar-refractivity contribution in [3.63, 3.8) is 0 Å². The monoisotopic (exact) mass is 986 g/mol. The molecule has 328 valence electrons. The van der Waals surface area contributed by atoms with Gasteiger partial charge in [0.1, 0.15) is 47.5 Å². The summed E-state index contributed by atoms with van der Waals surface area (Å²) in [5.41, 5.74) is 2.00. The standard InChI is InChI=1S/2C22H32BrN3O3Si/c1-30(2,3)14-13-28-17-26-15-20(23)24-21(26)19-9-11-25(12-10-19)22(27)29-16-18-7-5-4-6-8-18;1-30(2,3)14-13-28-17-26-20(23)15-24-21(26)19-9-11-25(12-10-19)22(27)29-16-18-7-5-4-6-8-18/h2*4-8,15,19H,9-14,16-17H2,1-3H3. The van der Waals surface area contributed by atoms with Crippen LogP contribution in [-0.4, -0.2) is 96.6 Å². The van der Waals surface area contributed by atoms with Crippen LogP contribution < -0.4 is 0 Å². The largest absolute Gasteiger partial charge is 0.445 e. The second-order valence-electron chi connectivity index (χ2n) is 18.1. The molecule has 0 radical (unpaired) electrons. The number of carbonyl (C=O) groups is 2. The number of ether oxygens (including phenoxy) is 4. The zero-order valence-corrected chi connectivity index (χ0v) is 41.5. The minimum Gasteiger partial charge on any atom is -0.445 e.